The molecule has 90 valence electrons. The molecule has 1 aromatic rings. The molecule has 0 saturated heterocycles. The van der Waals surface area contributed by atoms with Crippen molar-refractivity contribution in [3.05, 3.63) is 29.6 Å². The minimum absolute atomic E-state index is 0.0248. The van der Waals surface area contributed by atoms with E-state index in [1.807, 2.05) is 0 Å². The lowest BCUT2D eigenvalue weighted by Crippen LogP contribution is -2.20. The van der Waals surface area contributed by atoms with Crippen molar-refractivity contribution in [3.8, 4) is 5.75 Å². The number of methoxy groups -OCH3 is 1. The van der Waals surface area contributed by atoms with E-state index in [1.54, 1.807) is 0 Å². The summed E-state index contributed by atoms with van der Waals surface area (Å²) in [6.45, 7) is 0. The van der Waals surface area contributed by atoms with E-state index < -0.39 is 24.5 Å². The lowest BCUT2D eigenvalue weighted by atomic mass is 10.0. The molecule has 6 heteroatoms. The van der Waals surface area contributed by atoms with Crippen molar-refractivity contribution in [1.82, 2.24) is 0 Å². The van der Waals surface area contributed by atoms with Crippen LogP contribution in [0.4, 0.5) is 17.6 Å². The van der Waals surface area contributed by atoms with Gasteiger partial charge in [0.25, 0.3) is 0 Å². The molecule has 0 aromatic heterocycles. The lowest BCUT2D eigenvalue weighted by molar-refractivity contribution is -0.138. The summed E-state index contributed by atoms with van der Waals surface area (Å²) in [7, 11) is 1.25. The van der Waals surface area contributed by atoms with Crippen LogP contribution in [-0.4, -0.2) is 13.3 Å². The molecule has 2 nitrogen and oxygen atoms in total. The standard InChI is InChI=1S/C10H11F4NO/c1-16-9-4-6(11)2-3-7(9)8(15)5-10(12,13)14/h2-4,8H,5,15H2,1H3/t8-/m0/s1. The van der Waals surface area contributed by atoms with Crippen molar-refractivity contribution < 1.29 is 22.3 Å². The van der Waals surface area contributed by atoms with Gasteiger partial charge in [-0.15, -0.1) is 0 Å². The lowest BCUT2D eigenvalue weighted by Gasteiger charge is -2.17. The zero-order valence-corrected chi connectivity index (χ0v) is 8.51. The third-order valence-corrected chi connectivity index (χ3v) is 2.05. The van der Waals surface area contributed by atoms with Crippen molar-refractivity contribution in [1.29, 1.82) is 0 Å². The van der Waals surface area contributed by atoms with Gasteiger partial charge in [0.15, 0.2) is 0 Å². The highest BCUT2D eigenvalue weighted by Gasteiger charge is 2.32. The summed E-state index contributed by atoms with van der Waals surface area (Å²) >= 11 is 0. The smallest absolute Gasteiger partial charge is 0.390 e. The van der Waals surface area contributed by atoms with Crippen LogP contribution in [0.3, 0.4) is 0 Å². The Labute approximate surface area is 90.0 Å². The van der Waals surface area contributed by atoms with E-state index in [2.05, 4.69) is 0 Å². The molecule has 1 atom stereocenters. The van der Waals surface area contributed by atoms with Crippen LogP contribution in [0.1, 0.15) is 18.0 Å². The average molecular weight is 237 g/mol. The van der Waals surface area contributed by atoms with Gasteiger partial charge in [0, 0.05) is 17.7 Å². The maximum absolute atomic E-state index is 12.8. The van der Waals surface area contributed by atoms with Gasteiger partial charge in [-0.1, -0.05) is 6.07 Å². The second kappa shape index (κ2) is 4.69. The van der Waals surface area contributed by atoms with Gasteiger partial charge in [-0.05, 0) is 6.07 Å². The summed E-state index contributed by atoms with van der Waals surface area (Å²) in [6.07, 6.45) is -5.53. The normalized spacial score (nSPS) is 13.6. The van der Waals surface area contributed by atoms with Crippen LogP contribution in [0.15, 0.2) is 18.2 Å². The van der Waals surface area contributed by atoms with Crippen molar-refractivity contribution in [2.24, 2.45) is 5.73 Å². The van der Waals surface area contributed by atoms with Gasteiger partial charge >= 0.3 is 6.18 Å². The summed E-state index contributed by atoms with van der Waals surface area (Å²) in [6, 6.07) is 2.00. The van der Waals surface area contributed by atoms with E-state index in [1.165, 1.54) is 13.2 Å². The summed E-state index contributed by atoms with van der Waals surface area (Å²) in [5.41, 5.74) is 5.53. The Bertz CT molecular complexity index is 364. The van der Waals surface area contributed by atoms with E-state index in [4.69, 9.17) is 10.5 Å². The predicted octanol–water partition coefficient (Wildman–Crippen LogP) is 2.79. The largest absolute Gasteiger partial charge is 0.496 e. The number of benzene rings is 1. The van der Waals surface area contributed by atoms with Crippen LogP contribution < -0.4 is 10.5 Å². The third kappa shape index (κ3) is 3.37. The molecule has 0 aliphatic rings. The fraction of sp³-hybridized carbons (Fsp3) is 0.400. The topological polar surface area (TPSA) is 35.2 Å². The molecule has 0 amide bonds. The van der Waals surface area contributed by atoms with E-state index in [-0.39, 0.29) is 11.3 Å². The first kappa shape index (κ1) is 12.8. The number of hydrogen-bond acceptors (Lipinski definition) is 2. The molecule has 0 saturated carbocycles. The monoisotopic (exact) mass is 237 g/mol. The van der Waals surface area contributed by atoms with Gasteiger partial charge in [-0.2, -0.15) is 13.2 Å². The molecule has 1 rings (SSSR count). The molecule has 2 N–H and O–H groups in total. The van der Waals surface area contributed by atoms with Crippen molar-refractivity contribution in [2.75, 3.05) is 7.11 Å². The van der Waals surface area contributed by atoms with E-state index in [0.717, 1.165) is 12.1 Å². The summed E-state index contributed by atoms with van der Waals surface area (Å²) in [5, 5.41) is 0. The van der Waals surface area contributed by atoms with E-state index in [9.17, 15) is 17.6 Å². The molecular weight excluding hydrogens is 226 g/mol. The maximum Gasteiger partial charge on any atom is 0.390 e. The Hall–Kier alpha value is -1.30. The Morgan fingerprint density at radius 2 is 2.00 bits per heavy atom. The van der Waals surface area contributed by atoms with Gasteiger partial charge in [-0.3, -0.25) is 0 Å². The zero-order valence-electron chi connectivity index (χ0n) is 8.51. The average Bonchev–Trinajstić information content (AvgIpc) is 2.14. The molecule has 1 aromatic carbocycles. The molecular formula is C10H11F4NO. The zero-order chi connectivity index (χ0) is 12.3. The Balaban J connectivity index is 2.94. The number of rotatable bonds is 3. The third-order valence-electron chi connectivity index (χ3n) is 2.05. The minimum atomic E-state index is -4.36. The van der Waals surface area contributed by atoms with Gasteiger partial charge in [0.05, 0.1) is 13.5 Å². The fourth-order valence-electron chi connectivity index (χ4n) is 1.35. The molecule has 0 aliphatic heterocycles. The number of alkyl halides is 3. The summed E-state index contributed by atoms with van der Waals surface area (Å²) in [4.78, 5) is 0. The number of ether oxygens (including phenoxy) is 1. The highest BCUT2D eigenvalue weighted by Crippen LogP contribution is 2.32. The molecule has 0 heterocycles. The summed E-state index contributed by atoms with van der Waals surface area (Å²) < 4.78 is 53.9. The van der Waals surface area contributed by atoms with Gasteiger partial charge in [0.2, 0.25) is 0 Å². The predicted molar refractivity (Wildman–Crippen MR) is 50.6 cm³/mol. The van der Waals surface area contributed by atoms with Crippen molar-refractivity contribution in [3.63, 3.8) is 0 Å². The molecule has 0 fully saturated rings. The highest BCUT2D eigenvalue weighted by molar-refractivity contribution is 5.36. The van der Waals surface area contributed by atoms with E-state index in [0.29, 0.717) is 0 Å². The molecule has 16 heavy (non-hydrogen) atoms. The highest BCUT2D eigenvalue weighted by atomic mass is 19.4. The first-order valence-electron chi connectivity index (χ1n) is 4.49. The number of nitrogens with two attached hydrogens (primary N) is 1. The Morgan fingerprint density at radius 3 is 2.50 bits per heavy atom. The molecule has 0 bridgehead atoms. The van der Waals surface area contributed by atoms with Crippen LogP contribution in [0.5, 0.6) is 5.75 Å². The fourth-order valence-corrected chi connectivity index (χ4v) is 1.35. The van der Waals surface area contributed by atoms with Gasteiger partial charge < -0.3 is 10.5 Å². The van der Waals surface area contributed by atoms with Crippen molar-refractivity contribution >= 4 is 0 Å². The van der Waals surface area contributed by atoms with Gasteiger partial charge in [0.1, 0.15) is 11.6 Å². The van der Waals surface area contributed by atoms with Crippen LogP contribution >= 0.6 is 0 Å². The molecule has 0 radical (unpaired) electrons. The SMILES string of the molecule is COc1cc(F)ccc1[C@@H](N)CC(F)(F)F. The molecule has 0 spiro atoms. The van der Waals surface area contributed by atoms with E-state index >= 15 is 0 Å². The second-order valence-corrected chi connectivity index (χ2v) is 3.31. The van der Waals surface area contributed by atoms with Crippen LogP contribution in [0, 0.1) is 5.82 Å². The Kier molecular flexibility index (Phi) is 3.74. The van der Waals surface area contributed by atoms with Crippen LogP contribution in [0.25, 0.3) is 0 Å². The quantitative estimate of drug-likeness (QED) is 0.820. The van der Waals surface area contributed by atoms with Crippen LogP contribution in [-0.2, 0) is 0 Å². The van der Waals surface area contributed by atoms with Crippen molar-refractivity contribution in [2.45, 2.75) is 18.6 Å². The summed E-state index contributed by atoms with van der Waals surface area (Å²) in [5.74, 6) is -0.559. The molecule has 0 unspecified atom stereocenters. The Morgan fingerprint density at radius 1 is 1.38 bits per heavy atom. The number of hydrogen-bond donors (Lipinski definition) is 1. The number of halogens is 4. The minimum Gasteiger partial charge on any atom is -0.496 e. The first-order chi connectivity index (χ1) is 7.33. The molecule has 0 aliphatic carbocycles. The van der Waals surface area contributed by atoms with Gasteiger partial charge in [-0.25, -0.2) is 4.39 Å². The second-order valence-electron chi connectivity index (χ2n) is 3.31. The maximum atomic E-state index is 12.8. The first-order valence-corrected chi connectivity index (χ1v) is 4.49. The van der Waals surface area contributed by atoms with Crippen LogP contribution in [0.2, 0.25) is 0 Å².